The maximum Gasteiger partial charge on any atom is 0.263 e. The van der Waals surface area contributed by atoms with Crippen molar-refractivity contribution in [1.82, 2.24) is 0 Å². The molecule has 0 radical (unpaired) electrons. The highest BCUT2D eigenvalue weighted by Crippen LogP contribution is 2.34. The second-order valence-electron chi connectivity index (χ2n) is 3.02. The summed E-state index contributed by atoms with van der Waals surface area (Å²) in [4.78, 5) is 11.3. The van der Waals surface area contributed by atoms with E-state index in [1.54, 1.807) is 24.3 Å². The Morgan fingerprint density at radius 3 is 2.77 bits per heavy atom. The lowest BCUT2D eigenvalue weighted by Gasteiger charge is -2.16. The number of hydrogen-bond acceptors (Lipinski definition) is 3. The molecule has 0 unspecified atom stereocenters. The van der Waals surface area contributed by atoms with Crippen LogP contribution in [0.15, 0.2) is 24.3 Å². The van der Waals surface area contributed by atoms with Crippen molar-refractivity contribution in [1.29, 1.82) is 0 Å². The van der Waals surface area contributed by atoms with E-state index in [4.69, 9.17) is 5.11 Å². The molecule has 1 atom stereocenters. The van der Waals surface area contributed by atoms with Gasteiger partial charge >= 0.3 is 0 Å². The first-order valence-corrected chi connectivity index (χ1v) is 3.92. The summed E-state index contributed by atoms with van der Waals surface area (Å²) in [6.45, 7) is -0.601. The molecule has 0 fully saturated rings. The third-order valence-electron chi connectivity index (χ3n) is 2.23. The fraction of sp³-hybridized carbons (Fsp3) is 0.222. The zero-order valence-corrected chi connectivity index (χ0v) is 6.82. The molecule has 1 heterocycles. The molecule has 0 bridgehead atoms. The van der Waals surface area contributed by atoms with Crippen molar-refractivity contribution < 1.29 is 15.0 Å². The van der Waals surface area contributed by atoms with Gasteiger partial charge in [0.1, 0.15) is 0 Å². The summed E-state index contributed by atoms with van der Waals surface area (Å²) in [6, 6.07) is 6.76. The normalized spacial score (nSPS) is 25.5. The second kappa shape index (κ2) is 2.55. The van der Waals surface area contributed by atoms with E-state index in [0.29, 0.717) is 11.3 Å². The van der Waals surface area contributed by atoms with Crippen LogP contribution < -0.4 is 5.32 Å². The minimum atomic E-state index is -1.77. The van der Waals surface area contributed by atoms with Crippen LogP contribution in [0.4, 0.5) is 5.69 Å². The summed E-state index contributed by atoms with van der Waals surface area (Å²) in [7, 11) is 0. The van der Waals surface area contributed by atoms with Crippen molar-refractivity contribution in [3.63, 3.8) is 0 Å². The van der Waals surface area contributed by atoms with Crippen molar-refractivity contribution in [2.45, 2.75) is 5.60 Å². The first-order chi connectivity index (χ1) is 6.18. The molecule has 1 amide bonds. The summed E-state index contributed by atoms with van der Waals surface area (Å²) in [5.41, 5.74) is -0.775. The fourth-order valence-corrected chi connectivity index (χ4v) is 1.46. The van der Waals surface area contributed by atoms with Crippen molar-refractivity contribution in [3.8, 4) is 0 Å². The summed E-state index contributed by atoms with van der Waals surface area (Å²) < 4.78 is 0. The highest BCUT2D eigenvalue weighted by atomic mass is 16.3. The largest absolute Gasteiger partial charge is 0.392 e. The third kappa shape index (κ3) is 0.961. The molecule has 0 saturated carbocycles. The Hall–Kier alpha value is -1.39. The molecular formula is C9H9NO3. The summed E-state index contributed by atoms with van der Waals surface area (Å²) in [5.74, 6) is -0.573. The Bertz CT molecular complexity index is 364. The number of amides is 1. The Kier molecular flexibility index (Phi) is 1.61. The van der Waals surface area contributed by atoms with Gasteiger partial charge in [0.05, 0.1) is 6.61 Å². The van der Waals surface area contributed by atoms with Crippen LogP contribution in [0.1, 0.15) is 5.56 Å². The molecule has 0 spiro atoms. The molecule has 1 aromatic carbocycles. The van der Waals surface area contributed by atoms with E-state index in [-0.39, 0.29) is 0 Å². The molecule has 13 heavy (non-hydrogen) atoms. The van der Waals surface area contributed by atoms with Crippen LogP contribution in [0, 0.1) is 0 Å². The lowest BCUT2D eigenvalue weighted by Crippen LogP contribution is -2.37. The highest BCUT2D eigenvalue weighted by Gasteiger charge is 2.44. The lowest BCUT2D eigenvalue weighted by molar-refractivity contribution is -0.137. The van der Waals surface area contributed by atoms with Crippen LogP contribution in [-0.2, 0) is 10.4 Å². The van der Waals surface area contributed by atoms with E-state index in [9.17, 15) is 9.90 Å². The Labute approximate surface area is 74.8 Å². The predicted octanol–water partition coefficient (Wildman–Crippen LogP) is -0.181. The molecule has 2 rings (SSSR count). The zero-order chi connectivity index (χ0) is 9.47. The number of rotatable bonds is 1. The smallest absolute Gasteiger partial charge is 0.263 e. The maximum atomic E-state index is 11.3. The number of nitrogens with one attached hydrogen (secondary N) is 1. The number of carbonyl (C=O) groups is 1. The second-order valence-corrected chi connectivity index (χ2v) is 3.02. The molecule has 4 nitrogen and oxygen atoms in total. The van der Waals surface area contributed by atoms with Crippen LogP contribution >= 0.6 is 0 Å². The highest BCUT2D eigenvalue weighted by molar-refractivity contribution is 6.04. The van der Waals surface area contributed by atoms with Gasteiger partial charge < -0.3 is 15.5 Å². The monoisotopic (exact) mass is 179 g/mol. The van der Waals surface area contributed by atoms with Crippen molar-refractivity contribution >= 4 is 11.6 Å². The number of aliphatic hydroxyl groups is 2. The minimum Gasteiger partial charge on any atom is -0.392 e. The predicted molar refractivity (Wildman–Crippen MR) is 46.1 cm³/mol. The molecule has 1 aliphatic rings. The molecule has 0 aliphatic carbocycles. The summed E-state index contributed by atoms with van der Waals surface area (Å²) >= 11 is 0. The number of aliphatic hydroxyl groups excluding tert-OH is 1. The van der Waals surface area contributed by atoms with Crippen molar-refractivity contribution in [3.05, 3.63) is 29.8 Å². The molecular weight excluding hydrogens is 170 g/mol. The number of fused-ring (bicyclic) bond motifs is 1. The van der Waals surface area contributed by atoms with Gasteiger partial charge in [-0.2, -0.15) is 0 Å². The molecule has 3 N–H and O–H groups in total. The van der Waals surface area contributed by atoms with Gasteiger partial charge in [-0.15, -0.1) is 0 Å². The van der Waals surface area contributed by atoms with Crippen LogP contribution in [0.25, 0.3) is 0 Å². The van der Waals surface area contributed by atoms with Gasteiger partial charge in [-0.25, -0.2) is 0 Å². The quantitative estimate of drug-likeness (QED) is 0.560. The van der Waals surface area contributed by atoms with Gasteiger partial charge in [-0.1, -0.05) is 18.2 Å². The average molecular weight is 179 g/mol. The topological polar surface area (TPSA) is 69.6 Å². The van der Waals surface area contributed by atoms with E-state index >= 15 is 0 Å². The zero-order valence-electron chi connectivity index (χ0n) is 6.82. The number of carbonyl (C=O) groups excluding carboxylic acids is 1. The van der Waals surface area contributed by atoms with Gasteiger partial charge in [0.2, 0.25) is 0 Å². The number of para-hydroxylation sites is 1. The first kappa shape index (κ1) is 8.22. The lowest BCUT2D eigenvalue weighted by atomic mass is 9.97. The third-order valence-corrected chi connectivity index (χ3v) is 2.23. The van der Waals surface area contributed by atoms with Crippen molar-refractivity contribution in [2.75, 3.05) is 11.9 Å². The van der Waals surface area contributed by atoms with E-state index in [2.05, 4.69) is 5.32 Å². The van der Waals surface area contributed by atoms with Crippen LogP contribution in [0.3, 0.4) is 0 Å². The first-order valence-electron chi connectivity index (χ1n) is 3.92. The number of benzene rings is 1. The molecule has 0 saturated heterocycles. The summed E-state index contributed by atoms with van der Waals surface area (Å²) in [5, 5.41) is 21.2. The summed E-state index contributed by atoms with van der Waals surface area (Å²) in [6.07, 6.45) is 0. The molecule has 4 heteroatoms. The SMILES string of the molecule is O=C1Nc2ccccc2[C@@]1(O)CO. The van der Waals surface area contributed by atoms with Gasteiger partial charge in [-0.05, 0) is 6.07 Å². The minimum absolute atomic E-state index is 0.433. The van der Waals surface area contributed by atoms with Crippen LogP contribution in [0.2, 0.25) is 0 Å². The van der Waals surface area contributed by atoms with Gasteiger partial charge in [0, 0.05) is 11.3 Å². The van der Waals surface area contributed by atoms with Crippen LogP contribution in [-0.4, -0.2) is 22.7 Å². The molecule has 1 aliphatic heterocycles. The van der Waals surface area contributed by atoms with Crippen molar-refractivity contribution in [2.24, 2.45) is 0 Å². The maximum absolute atomic E-state index is 11.3. The van der Waals surface area contributed by atoms with Gasteiger partial charge in [0.15, 0.2) is 5.60 Å². The standard InChI is InChI=1S/C9H9NO3/c11-5-9(13)6-3-1-2-4-7(6)10-8(9)12/h1-4,11,13H,5H2,(H,10,12)/t9-/m0/s1. The Balaban J connectivity index is 2.59. The Morgan fingerprint density at radius 2 is 2.08 bits per heavy atom. The average Bonchev–Trinajstić information content (AvgIpc) is 2.41. The number of anilines is 1. The Morgan fingerprint density at radius 1 is 1.38 bits per heavy atom. The number of hydrogen-bond donors (Lipinski definition) is 3. The van der Waals surface area contributed by atoms with E-state index in [1.165, 1.54) is 0 Å². The van der Waals surface area contributed by atoms with E-state index in [0.717, 1.165) is 0 Å². The van der Waals surface area contributed by atoms with E-state index < -0.39 is 18.1 Å². The van der Waals surface area contributed by atoms with E-state index in [1.807, 2.05) is 0 Å². The fourth-order valence-electron chi connectivity index (χ4n) is 1.46. The van der Waals surface area contributed by atoms with Gasteiger partial charge in [0.25, 0.3) is 5.91 Å². The molecule has 0 aromatic heterocycles. The van der Waals surface area contributed by atoms with Gasteiger partial charge in [-0.3, -0.25) is 4.79 Å². The molecule has 1 aromatic rings. The van der Waals surface area contributed by atoms with Crippen LogP contribution in [0.5, 0.6) is 0 Å². The molecule has 68 valence electrons.